The number of carbonyl (C=O) groups excluding carboxylic acids is 2. The summed E-state index contributed by atoms with van der Waals surface area (Å²) >= 11 is 3.30. The Hall–Kier alpha value is -2.25. The SMILES string of the molecule is NNc1cccc(CN2C(=O)c3ccc(Br)cc3C2=O)n1. The van der Waals surface area contributed by atoms with E-state index in [0.717, 1.165) is 4.47 Å². The molecule has 0 fully saturated rings. The van der Waals surface area contributed by atoms with E-state index in [0.29, 0.717) is 22.6 Å². The summed E-state index contributed by atoms with van der Waals surface area (Å²) < 4.78 is 0.761. The van der Waals surface area contributed by atoms with Crippen LogP contribution in [0.5, 0.6) is 0 Å². The van der Waals surface area contributed by atoms with Crippen molar-refractivity contribution in [3.8, 4) is 0 Å². The van der Waals surface area contributed by atoms with Crippen molar-refractivity contribution < 1.29 is 9.59 Å². The van der Waals surface area contributed by atoms with Gasteiger partial charge in [-0.25, -0.2) is 10.8 Å². The smallest absolute Gasteiger partial charge is 0.261 e. The first-order valence-electron chi connectivity index (χ1n) is 6.18. The Labute approximate surface area is 129 Å². The van der Waals surface area contributed by atoms with Crippen molar-refractivity contribution in [1.29, 1.82) is 0 Å². The molecule has 2 aromatic rings. The van der Waals surface area contributed by atoms with Crippen molar-refractivity contribution in [2.45, 2.75) is 6.54 Å². The predicted molar refractivity (Wildman–Crippen MR) is 80.4 cm³/mol. The molecule has 106 valence electrons. The fourth-order valence-electron chi connectivity index (χ4n) is 2.22. The molecule has 0 atom stereocenters. The molecule has 3 N–H and O–H groups in total. The number of nitrogens with zero attached hydrogens (tertiary/aromatic N) is 2. The average molecular weight is 347 g/mol. The molecule has 3 rings (SSSR count). The zero-order valence-electron chi connectivity index (χ0n) is 10.8. The van der Waals surface area contributed by atoms with E-state index in [1.807, 2.05) is 0 Å². The molecule has 2 amide bonds. The fraction of sp³-hybridized carbons (Fsp3) is 0.0714. The molecular weight excluding hydrogens is 336 g/mol. The number of carbonyl (C=O) groups is 2. The van der Waals surface area contributed by atoms with Crippen LogP contribution in [-0.4, -0.2) is 21.7 Å². The summed E-state index contributed by atoms with van der Waals surface area (Å²) in [6, 6.07) is 10.2. The van der Waals surface area contributed by atoms with Crippen molar-refractivity contribution in [1.82, 2.24) is 9.88 Å². The minimum Gasteiger partial charge on any atom is -0.308 e. The van der Waals surface area contributed by atoms with Crippen LogP contribution in [0.15, 0.2) is 40.9 Å². The number of hydrogen-bond donors (Lipinski definition) is 2. The second kappa shape index (κ2) is 5.27. The largest absolute Gasteiger partial charge is 0.308 e. The van der Waals surface area contributed by atoms with E-state index in [1.54, 1.807) is 36.4 Å². The van der Waals surface area contributed by atoms with Gasteiger partial charge in [0, 0.05) is 4.47 Å². The highest BCUT2D eigenvalue weighted by Gasteiger charge is 2.35. The topological polar surface area (TPSA) is 88.3 Å². The molecule has 0 aliphatic carbocycles. The molecule has 21 heavy (non-hydrogen) atoms. The van der Waals surface area contributed by atoms with Crippen molar-refractivity contribution in [2.75, 3.05) is 5.43 Å². The third-order valence-electron chi connectivity index (χ3n) is 3.21. The van der Waals surface area contributed by atoms with Gasteiger partial charge in [-0.15, -0.1) is 0 Å². The lowest BCUT2D eigenvalue weighted by atomic mass is 10.1. The van der Waals surface area contributed by atoms with Gasteiger partial charge >= 0.3 is 0 Å². The molecule has 0 saturated carbocycles. The van der Waals surface area contributed by atoms with E-state index >= 15 is 0 Å². The van der Waals surface area contributed by atoms with Crippen LogP contribution < -0.4 is 11.3 Å². The number of hydrazine groups is 1. The van der Waals surface area contributed by atoms with Crippen LogP contribution in [0.3, 0.4) is 0 Å². The molecule has 0 saturated heterocycles. The van der Waals surface area contributed by atoms with E-state index in [1.165, 1.54) is 4.90 Å². The minimum atomic E-state index is -0.316. The number of aromatic nitrogens is 1. The van der Waals surface area contributed by atoms with E-state index in [4.69, 9.17) is 5.84 Å². The quantitative estimate of drug-likeness (QED) is 0.503. The van der Waals surface area contributed by atoms with E-state index in [2.05, 4.69) is 26.3 Å². The number of amides is 2. The van der Waals surface area contributed by atoms with Crippen LogP contribution in [0.4, 0.5) is 5.82 Å². The third-order valence-corrected chi connectivity index (χ3v) is 3.70. The maximum atomic E-state index is 12.3. The van der Waals surface area contributed by atoms with Gasteiger partial charge in [-0.3, -0.25) is 14.5 Å². The first-order valence-corrected chi connectivity index (χ1v) is 6.98. The lowest BCUT2D eigenvalue weighted by molar-refractivity contribution is 0.0640. The molecule has 1 aliphatic rings. The summed E-state index contributed by atoms with van der Waals surface area (Å²) in [5.74, 6) is 5.16. The maximum Gasteiger partial charge on any atom is 0.261 e. The zero-order valence-corrected chi connectivity index (χ0v) is 12.4. The molecular formula is C14H11BrN4O2. The molecule has 1 aromatic carbocycles. The monoisotopic (exact) mass is 346 g/mol. The number of nitrogens with one attached hydrogen (secondary N) is 1. The maximum absolute atomic E-state index is 12.3. The molecule has 0 radical (unpaired) electrons. The molecule has 2 heterocycles. The second-order valence-corrected chi connectivity index (χ2v) is 5.46. The summed E-state index contributed by atoms with van der Waals surface area (Å²) in [5, 5.41) is 0. The number of pyridine rings is 1. The Kier molecular flexibility index (Phi) is 3.44. The summed E-state index contributed by atoms with van der Waals surface area (Å²) in [5.41, 5.74) is 3.83. The van der Waals surface area contributed by atoms with E-state index in [-0.39, 0.29) is 18.4 Å². The average Bonchev–Trinajstić information content (AvgIpc) is 2.72. The van der Waals surface area contributed by atoms with Crippen LogP contribution in [-0.2, 0) is 6.54 Å². The van der Waals surface area contributed by atoms with Gasteiger partial charge < -0.3 is 5.43 Å². The number of benzene rings is 1. The van der Waals surface area contributed by atoms with Gasteiger partial charge in [-0.2, -0.15) is 0 Å². The van der Waals surface area contributed by atoms with Gasteiger partial charge in [0.2, 0.25) is 0 Å². The number of anilines is 1. The van der Waals surface area contributed by atoms with Gasteiger partial charge in [0.1, 0.15) is 5.82 Å². The van der Waals surface area contributed by atoms with Crippen molar-refractivity contribution in [3.05, 3.63) is 57.7 Å². The lowest BCUT2D eigenvalue weighted by Gasteiger charge is -2.13. The Morgan fingerprint density at radius 3 is 2.67 bits per heavy atom. The zero-order chi connectivity index (χ0) is 15.0. The van der Waals surface area contributed by atoms with Crippen LogP contribution in [0, 0.1) is 0 Å². The van der Waals surface area contributed by atoms with Gasteiger partial charge in [0.25, 0.3) is 11.8 Å². The van der Waals surface area contributed by atoms with Gasteiger partial charge in [-0.1, -0.05) is 22.0 Å². The second-order valence-electron chi connectivity index (χ2n) is 4.54. The molecule has 1 aliphatic heterocycles. The van der Waals surface area contributed by atoms with Crippen LogP contribution in [0.2, 0.25) is 0 Å². The summed E-state index contributed by atoms with van der Waals surface area (Å²) in [7, 11) is 0. The predicted octanol–water partition coefficient (Wildman–Crippen LogP) is 1.93. The molecule has 6 nitrogen and oxygen atoms in total. The highest BCUT2D eigenvalue weighted by atomic mass is 79.9. The molecule has 0 unspecified atom stereocenters. The van der Waals surface area contributed by atoms with Crippen molar-refractivity contribution >= 4 is 33.6 Å². The minimum absolute atomic E-state index is 0.111. The van der Waals surface area contributed by atoms with E-state index < -0.39 is 0 Å². The molecule has 1 aromatic heterocycles. The van der Waals surface area contributed by atoms with Crippen molar-refractivity contribution in [2.24, 2.45) is 5.84 Å². The number of rotatable bonds is 3. The van der Waals surface area contributed by atoms with Crippen LogP contribution in [0.25, 0.3) is 0 Å². The van der Waals surface area contributed by atoms with Gasteiger partial charge in [-0.05, 0) is 30.3 Å². The number of fused-ring (bicyclic) bond motifs is 1. The first-order chi connectivity index (χ1) is 10.1. The summed E-state index contributed by atoms with van der Waals surface area (Å²) in [4.78, 5) is 30.0. The molecule has 0 spiro atoms. The first kappa shape index (κ1) is 13.7. The summed E-state index contributed by atoms with van der Waals surface area (Å²) in [6.07, 6.45) is 0. The van der Waals surface area contributed by atoms with Crippen molar-refractivity contribution in [3.63, 3.8) is 0 Å². The molecule has 0 bridgehead atoms. The number of hydrogen-bond acceptors (Lipinski definition) is 5. The number of imide groups is 1. The Balaban J connectivity index is 1.91. The highest BCUT2D eigenvalue weighted by Crippen LogP contribution is 2.27. The third kappa shape index (κ3) is 2.41. The Bertz CT molecular complexity index is 748. The van der Waals surface area contributed by atoms with Crippen LogP contribution >= 0.6 is 15.9 Å². The number of nitrogen functional groups attached to an aromatic ring is 1. The highest BCUT2D eigenvalue weighted by molar-refractivity contribution is 9.10. The van der Waals surface area contributed by atoms with Crippen LogP contribution in [0.1, 0.15) is 26.4 Å². The Morgan fingerprint density at radius 2 is 1.90 bits per heavy atom. The molecule has 7 heteroatoms. The fourth-order valence-corrected chi connectivity index (χ4v) is 2.58. The lowest BCUT2D eigenvalue weighted by Crippen LogP contribution is -2.29. The summed E-state index contributed by atoms with van der Waals surface area (Å²) in [6.45, 7) is 0.111. The van der Waals surface area contributed by atoms with Gasteiger partial charge in [0.15, 0.2) is 0 Å². The number of halogens is 1. The van der Waals surface area contributed by atoms with Gasteiger partial charge in [0.05, 0.1) is 23.4 Å². The standard InChI is InChI=1S/C14H11BrN4O2/c15-8-4-5-10-11(6-8)14(21)19(13(10)20)7-9-2-1-3-12(17-9)18-16/h1-6H,7,16H2,(H,17,18). The Morgan fingerprint density at radius 1 is 1.14 bits per heavy atom. The number of nitrogens with two attached hydrogens (primary N) is 1. The normalized spacial score (nSPS) is 13.5. The van der Waals surface area contributed by atoms with E-state index in [9.17, 15) is 9.59 Å².